The number of hydrogen-bond acceptors (Lipinski definition) is 8. The van der Waals surface area contributed by atoms with E-state index in [1.807, 2.05) is 0 Å². The number of esters is 1. The van der Waals surface area contributed by atoms with Gasteiger partial charge in [-0.05, 0) is 46.1 Å². The molecule has 33 heavy (non-hydrogen) atoms. The molecule has 0 aromatic carbocycles. The molecule has 0 spiro atoms. The van der Waals surface area contributed by atoms with Crippen LogP contribution in [0.3, 0.4) is 0 Å². The highest BCUT2D eigenvalue weighted by Crippen LogP contribution is 2.41. The van der Waals surface area contributed by atoms with Gasteiger partial charge in [-0.15, -0.1) is 0 Å². The van der Waals surface area contributed by atoms with Crippen molar-refractivity contribution in [1.82, 2.24) is 25.4 Å². The van der Waals surface area contributed by atoms with E-state index in [4.69, 9.17) is 9.72 Å². The number of amides is 3. The van der Waals surface area contributed by atoms with Crippen molar-refractivity contribution in [1.29, 1.82) is 0 Å². The zero-order chi connectivity index (χ0) is 23.9. The second kappa shape index (κ2) is 8.73. The Bertz CT molecular complexity index is 1230. The number of carbonyl (C=O) groups excluding carboxylic acids is 3. The molecule has 2 aliphatic rings. The van der Waals surface area contributed by atoms with E-state index in [1.54, 1.807) is 31.5 Å². The Morgan fingerprint density at radius 3 is 2.58 bits per heavy atom. The van der Waals surface area contributed by atoms with Crippen LogP contribution >= 0.6 is 0 Å². The normalized spacial score (nSPS) is 19.6. The quantitative estimate of drug-likeness (QED) is 0.592. The number of aromatic nitrogens is 3. The number of rotatable bonds is 6. The van der Waals surface area contributed by atoms with Gasteiger partial charge in [0.15, 0.2) is 22.1 Å². The molecule has 2 fully saturated rings. The number of sulfone groups is 1. The molecule has 2 N–H and O–H groups in total. The summed E-state index contributed by atoms with van der Waals surface area (Å²) in [6, 6.07) is 0.496. The van der Waals surface area contributed by atoms with Gasteiger partial charge in [-0.3, -0.25) is 10.1 Å². The van der Waals surface area contributed by atoms with Gasteiger partial charge in [0.05, 0.1) is 34.2 Å². The molecule has 1 aliphatic heterocycles. The van der Waals surface area contributed by atoms with Crippen LogP contribution in [0, 0.1) is 6.92 Å². The van der Waals surface area contributed by atoms with E-state index in [2.05, 4.69) is 15.7 Å². The first-order chi connectivity index (χ1) is 15.5. The summed E-state index contributed by atoms with van der Waals surface area (Å²) >= 11 is 0. The molecule has 0 radical (unpaired) electrons. The van der Waals surface area contributed by atoms with Crippen molar-refractivity contribution in [2.75, 3.05) is 18.1 Å². The van der Waals surface area contributed by atoms with E-state index in [0.717, 1.165) is 18.5 Å². The molecular weight excluding hydrogens is 450 g/mol. The highest BCUT2D eigenvalue weighted by Gasteiger charge is 2.34. The summed E-state index contributed by atoms with van der Waals surface area (Å²) in [6.07, 6.45) is 2.34. The Balaban J connectivity index is 1.60. The van der Waals surface area contributed by atoms with Gasteiger partial charge in [0.1, 0.15) is 0 Å². The Kier molecular flexibility index (Phi) is 6.12. The molecule has 3 amide bonds. The lowest BCUT2D eigenvalue weighted by atomic mass is 10.1. The SMILES string of the molecule is Cc1nn(C2CCS(=O)(=O)C2)c2nc(C3CC3)cc(C(=O)OCC(=O)NC(=O)NC(C)C)c12. The van der Waals surface area contributed by atoms with Gasteiger partial charge in [-0.25, -0.2) is 27.7 Å². The molecule has 4 rings (SSSR count). The average Bonchev–Trinajstić information content (AvgIpc) is 3.44. The van der Waals surface area contributed by atoms with E-state index in [9.17, 15) is 22.8 Å². The van der Waals surface area contributed by atoms with Crippen LogP contribution in [-0.4, -0.2) is 65.2 Å². The lowest BCUT2D eigenvalue weighted by Gasteiger charge is -2.12. The number of nitrogens with zero attached hydrogens (tertiary/aromatic N) is 3. The number of nitrogens with one attached hydrogen (secondary N) is 2. The van der Waals surface area contributed by atoms with Crippen molar-refractivity contribution < 1.29 is 27.5 Å². The minimum absolute atomic E-state index is 0.0169. The van der Waals surface area contributed by atoms with Crippen molar-refractivity contribution in [2.24, 2.45) is 0 Å². The number of ether oxygens (including phenoxy) is 1. The fourth-order valence-corrected chi connectivity index (χ4v) is 5.67. The van der Waals surface area contributed by atoms with Gasteiger partial charge in [0, 0.05) is 17.7 Å². The Morgan fingerprint density at radius 1 is 1.24 bits per heavy atom. The van der Waals surface area contributed by atoms with E-state index in [1.165, 1.54) is 0 Å². The highest BCUT2D eigenvalue weighted by atomic mass is 32.2. The summed E-state index contributed by atoms with van der Waals surface area (Å²) in [7, 11) is -3.14. The average molecular weight is 478 g/mol. The van der Waals surface area contributed by atoms with Crippen LogP contribution in [0.15, 0.2) is 6.07 Å². The fraction of sp³-hybridized carbons (Fsp3) is 0.571. The number of hydrogen-bond donors (Lipinski definition) is 2. The Morgan fingerprint density at radius 2 is 1.97 bits per heavy atom. The molecule has 178 valence electrons. The monoisotopic (exact) mass is 477 g/mol. The fourth-order valence-electron chi connectivity index (χ4n) is 3.97. The van der Waals surface area contributed by atoms with Crippen molar-refractivity contribution >= 4 is 38.8 Å². The first-order valence-electron chi connectivity index (χ1n) is 10.9. The third kappa shape index (κ3) is 5.15. The zero-order valence-corrected chi connectivity index (χ0v) is 19.6. The van der Waals surface area contributed by atoms with Crippen LogP contribution < -0.4 is 10.6 Å². The van der Waals surface area contributed by atoms with Crippen molar-refractivity contribution in [3.05, 3.63) is 23.0 Å². The number of pyridine rings is 1. The number of fused-ring (bicyclic) bond motifs is 1. The predicted octanol–water partition coefficient (Wildman–Crippen LogP) is 1.37. The minimum Gasteiger partial charge on any atom is -0.452 e. The van der Waals surface area contributed by atoms with Crippen LogP contribution in [0.1, 0.15) is 66.8 Å². The van der Waals surface area contributed by atoms with E-state index in [-0.39, 0.29) is 35.1 Å². The number of carbonyl (C=O) groups is 3. The molecule has 1 aliphatic carbocycles. The lowest BCUT2D eigenvalue weighted by Crippen LogP contribution is -2.44. The lowest BCUT2D eigenvalue weighted by molar-refractivity contribution is -0.123. The maximum atomic E-state index is 12.9. The Labute approximate surface area is 191 Å². The summed E-state index contributed by atoms with van der Waals surface area (Å²) < 4.78 is 30.8. The molecule has 3 heterocycles. The van der Waals surface area contributed by atoms with E-state index in [0.29, 0.717) is 23.1 Å². The molecule has 11 nitrogen and oxygen atoms in total. The summed E-state index contributed by atoms with van der Waals surface area (Å²) in [5.74, 6) is -1.19. The summed E-state index contributed by atoms with van der Waals surface area (Å²) in [5, 5.41) is 9.61. The molecule has 0 bridgehead atoms. The summed E-state index contributed by atoms with van der Waals surface area (Å²) in [4.78, 5) is 41.3. The maximum Gasteiger partial charge on any atom is 0.339 e. The second-order valence-electron chi connectivity index (χ2n) is 8.91. The van der Waals surface area contributed by atoms with Gasteiger partial charge in [-0.2, -0.15) is 5.10 Å². The van der Waals surface area contributed by atoms with Crippen molar-refractivity contribution in [3.63, 3.8) is 0 Å². The van der Waals surface area contributed by atoms with E-state index >= 15 is 0 Å². The van der Waals surface area contributed by atoms with Crippen LogP contribution in [0.5, 0.6) is 0 Å². The second-order valence-corrected chi connectivity index (χ2v) is 11.1. The van der Waals surface area contributed by atoms with Gasteiger partial charge in [-0.1, -0.05) is 0 Å². The standard InChI is InChI=1S/C21H27N5O6S/c1-11(2)22-21(29)24-17(27)9-32-20(28)15-8-16(13-4-5-13)23-19-18(15)12(3)25-26(19)14-6-7-33(30,31)10-14/h8,11,13-14H,4-7,9-10H2,1-3H3,(H2,22,24,27,29). The molecule has 2 aromatic rings. The van der Waals surface area contributed by atoms with Gasteiger partial charge < -0.3 is 10.1 Å². The summed E-state index contributed by atoms with van der Waals surface area (Å²) in [6.45, 7) is 4.60. The molecule has 1 saturated heterocycles. The van der Waals surface area contributed by atoms with Crippen LogP contribution in [0.2, 0.25) is 0 Å². The topological polar surface area (TPSA) is 149 Å². The Hall–Kier alpha value is -3.02. The zero-order valence-electron chi connectivity index (χ0n) is 18.8. The first kappa shape index (κ1) is 23.1. The molecule has 1 atom stereocenters. The minimum atomic E-state index is -3.14. The van der Waals surface area contributed by atoms with Crippen LogP contribution in [0.4, 0.5) is 4.79 Å². The number of imide groups is 1. The van der Waals surface area contributed by atoms with Gasteiger partial charge in [0.25, 0.3) is 5.91 Å². The number of aryl methyl sites for hydroxylation is 1. The molecule has 12 heteroatoms. The van der Waals surface area contributed by atoms with E-state index < -0.39 is 34.4 Å². The third-order valence-electron chi connectivity index (χ3n) is 5.63. The van der Waals surface area contributed by atoms with Crippen LogP contribution in [0.25, 0.3) is 11.0 Å². The maximum absolute atomic E-state index is 12.9. The molecule has 1 unspecified atom stereocenters. The molecular formula is C21H27N5O6S. The van der Waals surface area contributed by atoms with Gasteiger partial charge >= 0.3 is 12.0 Å². The van der Waals surface area contributed by atoms with Crippen LogP contribution in [-0.2, 0) is 19.4 Å². The predicted molar refractivity (Wildman–Crippen MR) is 119 cm³/mol. The van der Waals surface area contributed by atoms with Crippen molar-refractivity contribution in [3.8, 4) is 0 Å². The molecule has 1 saturated carbocycles. The molecule has 2 aromatic heterocycles. The largest absolute Gasteiger partial charge is 0.452 e. The number of urea groups is 1. The third-order valence-corrected chi connectivity index (χ3v) is 7.38. The highest BCUT2D eigenvalue weighted by molar-refractivity contribution is 7.91. The smallest absolute Gasteiger partial charge is 0.339 e. The van der Waals surface area contributed by atoms with Gasteiger partial charge in [0.2, 0.25) is 0 Å². The summed E-state index contributed by atoms with van der Waals surface area (Å²) in [5.41, 5.74) is 1.92. The first-order valence-corrected chi connectivity index (χ1v) is 12.7. The van der Waals surface area contributed by atoms with Crippen molar-refractivity contribution in [2.45, 2.75) is 58.0 Å².